The normalized spacial score (nSPS) is 10.6. The molecule has 0 radical (unpaired) electrons. The van der Waals surface area contributed by atoms with E-state index in [-0.39, 0.29) is 43.8 Å². The smallest absolute Gasteiger partial charge is 0.254 e. The number of nitrogens with zero attached hydrogens (tertiary/aromatic N) is 2. The van der Waals surface area contributed by atoms with Crippen LogP contribution in [0.4, 0.5) is 4.39 Å². The predicted octanol–water partition coefficient (Wildman–Crippen LogP) is 5.45. The van der Waals surface area contributed by atoms with Gasteiger partial charge in [0.25, 0.3) is 5.91 Å². The number of amides is 2. The van der Waals surface area contributed by atoms with Gasteiger partial charge in [-0.2, -0.15) is 0 Å². The Labute approximate surface area is 205 Å². The summed E-state index contributed by atoms with van der Waals surface area (Å²) in [7, 11) is 0. The van der Waals surface area contributed by atoms with E-state index in [1.807, 2.05) is 0 Å². The molecule has 2 aromatic carbocycles. The molecular formula is C28H31FN2O4. The Hall–Kier alpha value is -3.87. The molecule has 0 bridgehead atoms. The van der Waals surface area contributed by atoms with Gasteiger partial charge in [-0.15, -0.1) is 6.58 Å². The number of ether oxygens (including phenoxy) is 1. The summed E-state index contributed by atoms with van der Waals surface area (Å²) in [5.41, 5.74) is 1.23. The summed E-state index contributed by atoms with van der Waals surface area (Å²) in [5, 5.41) is 0. The van der Waals surface area contributed by atoms with E-state index in [0.29, 0.717) is 23.7 Å². The molecule has 6 nitrogen and oxygen atoms in total. The monoisotopic (exact) mass is 478 g/mol. The molecule has 3 aromatic rings. The molecule has 0 spiro atoms. The van der Waals surface area contributed by atoms with Crippen molar-refractivity contribution in [3.63, 3.8) is 0 Å². The van der Waals surface area contributed by atoms with Gasteiger partial charge >= 0.3 is 0 Å². The highest BCUT2D eigenvalue weighted by Crippen LogP contribution is 2.16. The Morgan fingerprint density at radius 3 is 2.40 bits per heavy atom. The van der Waals surface area contributed by atoms with Crippen molar-refractivity contribution < 1.29 is 23.1 Å². The number of halogens is 1. The standard InChI is InChI=1S/C28H31FN2O4/c1-3-5-17-34-25-14-10-23(11-15-25)28(33)30(16-4-2)21-27(32)31(20-26-7-6-18-35-26)19-22-8-12-24(29)13-9-22/h4,6-15,18H,2-3,5,16-17,19-21H2,1H3. The Kier molecular flexibility index (Phi) is 9.66. The van der Waals surface area contributed by atoms with E-state index in [1.54, 1.807) is 65.8 Å². The van der Waals surface area contributed by atoms with Gasteiger partial charge in [0.1, 0.15) is 23.9 Å². The third-order valence-electron chi connectivity index (χ3n) is 5.40. The van der Waals surface area contributed by atoms with Crippen molar-refractivity contribution >= 4 is 11.8 Å². The van der Waals surface area contributed by atoms with Crippen molar-refractivity contribution in [1.82, 2.24) is 9.80 Å². The summed E-state index contributed by atoms with van der Waals surface area (Å²) in [5.74, 6) is 0.423. The molecule has 35 heavy (non-hydrogen) atoms. The second-order valence-corrected chi connectivity index (χ2v) is 8.16. The summed E-state index contributed by atoms with van der Waals surface area (Å²) in [6.07, 6.45) is 5.13. The Morgan fingerprint density at radius 1 is 1.03 bits per heavy atom. The highest BCUT2D eigenvalue weighted by Gasteiger charge is 2.23. The number of furan rings is 1. The van der Waals surface area contributed by atoms with E-state index < -0.39 is 0 Å². The topological polar surface area (TPSA) is 63.0 Å². The van der Waals surface area contributed by atoms with Gasteiger partial charge < -0.3 is 19.0 Å². The number of benzene rings is 2. The average molecular weight is 479 g/mol. The fraction of sp³-hybridized carbons (Fsp3) is 0.286. The minimum atomic E-state index is -0.345. The highest BCUT2D eigenvalue weighted by atomic mass is 19.1. The maximum atomic E-state index is 13.3. The zero-order chi connectivity index (χ0) is 25.0. The van der Waals surface area contributed by atoms with Crippen molar-refractivity contribution in [2.45, 2.75) is 32.9 Å². The van der Waals surface area contributed by atoms with E-state index in [2.05, 4.69) is 13.5 Å². The van der Waals surface area contributed by atoms with Crippen LogP contribution in [0.25, 0.3) is 0 Å². The first-order chi connectivity index (χ1) is 17.0. The van der Waals surface area contributed by atoms with Crippen LogP contribution in [0.2, 0.25) is 0 Å². The lowest BCUT2D eigenvalue weighted by molar-refractivity contribution is -0.133. The number of hydrogen-bond donors (Lipinski definition) is 0. The summed E-state index contributed by atoms with van der Waals surface area (Å²) in [4.78, 5) is 29.5. The van der Waals surface area contributed by atoms with Gasteiger partial charge in [0.05, 0.1) is 19.4 Å². The molecule has 0 saturated carbocycles. The van der Waals surface area contributed by atoms with Crippen LogP contribution in [-0.4, -0.2) is 41.3 Å². The number of rotatable bonds is 13. The minimum absolute atomic E-state index is 0.137. The van der Waals surface area contributed by atoms with E-state index in [1.165, 1.54) is 17.0 Å². The van der Waals surface area contributed by atoms with Gasteiger partial charge in [0.15, 0.2) is 0 Å². The first-order valence-electron chi connectivity index (χ1n) is 11.7. The Balaban J connectivity index is 1.72. The van der Waals surface area contributed by atoms with Crippen molar-refractivity contribution in [3.05, 3.63) is 102 Å². The van der Waals surface area contributed by atoms with Gasteiger partial charge in [0, 0.05) is 18.7 Å². The molecule has 1 aromatic heterocycles. The van der Waals surface area contributed by atoms with Gasteiger partial charge in [-0.1, -0.05) is 31.6 Å². The Bertz CT molecular complexity index is 1080. The van der Waals surface area contributed by atoms with Crippen LogP contribution in [0, 0.1) is 5.82 Å². The molecule has 0 aliphatic carbocycles. The fourth-order valence-corrected chi connectivity index (χ4v) is 3.48. The van der Waals surface area contributed by atoms with Crippen molar-refractivity contribution in [2.75, 3.05) is 19.7 Å². The molecule has 0 atom stereocenters. The molecule has 0 saturated heterocycles. The molecule has 0 N–H and O–H groups in total. The van der Waals surface area contributed by atoms with Gasteiger partial charge in [-0.05, 0) is 60.5 Å². The second kappa shape index (κ2) is 13.1. The van der Waals surface area contributed by atoms with E-state index in [4.69, 9.17) is 9.15 Å². The van der Waals surface area contributed by atoms with Crippen LogP contribution in [0.5, 0.6) is 5.75 Å². The van der Waals surface area contributed by atoms with Gasteiger partial charge in [-0.3, -0.25) is 9.59 Å². The van der Waals surface area contributed by atoms with Crippen molar-refractivity contribution in [3.8, 4) is 5.75 Å². The maximum Gasteiger partial charge on any atom is 0.254 e. The van der Waals surface area contributed by atoms with E-state index in [0.717, 1.165) is 18.4 Å². The predicted molar refractivity (Wildman–Crippen MR) is 132 cm³/mol. The average Bonchev–Trinajstić information content (AvgIpc) is 3.38. The highest BCUT2D eigenvalue weighted by molar-refractivity contribution is 5.96. The zero-order valence-corrected chi connectivity index (χ0v) is 20.0. The van der Waals surface area contributed by atoms with Gasteiger partial charge in [0.2, 0.25) is 5.91 Å². The van der Waals surface area contributed by atoms with E-state index in [9.17, 15) is 14.0 Å². The lowest BCUT2D eigenvalue weighted by atomic mass is 10.1. The molecule has 0 unspecified atom stereocenters. The van der Waals surface area contributed by atoms with Crippen LogP contribution in [0.3, 0.4) is 0 Å². The second-order valence-electron chi connectivity index (χ2n) is 8.16. The molecule has 2 amide bonds. The lowest BCUT2D eigenvalue weighted by Gasteiger charge is -2.27. The summed E-state index contributed by atoms with van der Waals surface area (Å²) < 4.78 is 24.4. The van der Waals surface area contributed by atoms with Gasteiger partial charge in [-0.25, -0.2) is 4.39 Å². The number of unbranched alkanes of at least 4 members (excludes halogenated alkanes) is 1. The lowest BCUT2D eigenvalue weighted by Crippen LogP contribution is -2.42. The summed E-state index contributed by atoms with van der Waals surface area (Å²) >= 11 is 0. The molecule has 0 aliphatic heterocycles. The maximum absolute atomic E-state index is 13.3. The molecule has 1 heterocycles. The Morgan fingerprint density at radius 2 is 1.77 bits per heavy atom. The number of hydrogen-bond acceptors (Lipinski definition) is 4. The summed E-state index contributed by atoms with van der Waals surface area (Å²) in [6, 6.07) is 16.4. The van der Waals surface area contributed by atoms with Crippen LogP contribution in [0.1, 0.15) is 41.4 Å². The SMILES string of the molecule is C=CCN(CC(=O)N(Cc1ccc(F)cc1)Cc1ccco1)C(=O)c1ccc(OCCCC)cc1. The molecule has 3 rings (SSSR count). The minimum Gasteiger partial charge on any atom is -0.494 e. The van der Waals surface area contributed by atoms with Crippen LogP contribution >= 0.6 is 0 Å². The molecule has 184 valence electrons. The largest absolute Gasteiger partial charge is 0.494 e. The van der Waals surface area contributed by atoms with Crippen molar-refractivity contribution in [1.29, 1.82) is 0 Å². The molecular weight excluding hydrogens is 447 g/mol. The number of carbonyl (C=O) groups is 2. The fourth-order valence-electron chi connectivity index (χ4n) is 3.48. The molecule has 7 heteroatoms. The first kappa shape index (κ1) is 25.7. The number of carbonyl (C=O) groups excluding carboxylic acids is 2. The third kappa shape index (κ3) is 7.84. The third-order valence-corrected chi connectivity index (χ3v) is 5.40. The summed E-state index contributed by atoms with van der Waals surface area (Å²) in [6.45, 7) is 7.00. The van der Waals surface area contributed by atoms with Crippen LogP contribution < -0.4 is 4.74 Å². The van der Waals surface area contributed by atoms with E-state index >= 15 is 0 Å². The zero-order valence-electron chi connectivity index (χ0n) is 20.0. The molecule has 0 fully saturated rings. The molecule has 0 aliphatic rings. The first-order valence-corrected chi connectivity index (χ1v) is 11.7. The van der Waals surface area contributed by atoms with Crippen LogP contribution in [0.15, 0.2) is 84.0 Å². The van der Waals surface area contributed by atoms with Crippen molar-refractivity contribution in [2.24, 2.45) is 0 Å². The van der Waals surface area contributed by atoms with Crippen LogP contribution in [-0.2, 0) is 17.9 Å². The quantitative estimate of drug-likeness (QED) is 0.242.